The summed E-state index contributed by atoms with van der Waals surface area (Å²) in [6.45, 7) is 1.25. The van der Waals surface area contributed by atoms with E-state index in [9.17, 15) is 34.1 Å². The van der Waals surface area contributed by atoms with Crippen LogP contribution in [0.25, 0.3) is 0 Å². The zero-order valence-electron chi connectivity index (χ0n) is 17.3. The number of piperidine rings is 1. The van der Waals surface area contributed by atoms with Crippen LogP contribution in [0.5, 0.6) is 0 Å². The van der Waals surface area contributed by atoms with Crippen molar-refractivity contribution in [3.05, 3.63) is 39.4 Å². The molecule has 0 aromatic heterocycles. The van der Waals surface area contributed by atoms with Crippen molar-refractivity contribution in [2.24, 2.45) is 5.92 Å². The van der Waals surface area contributed by atoms with Gasteiger partial charge in [-0.3, -0.25) is 39.0 Å². The number of fused-ring (bicyclic) bond motifs is 1. The lowest BCUT2D eigenvalue weighted by atomic mass is 9.97. The maximum absolute atomic E-state index is 12.5. The van der Waals surface area contributed by atoms with Crippen LogP contribution in [0.3, 0.4) is 0 Å². The van der Waals surface area contributed by atoms with Gasteiger partial charge >= 0.3 is 11.9 Å². The van der Waals surface area contributed by atoms with Crippen LogP contribution in [0.4, 0.5) is 5.69 Å². The summed E-state index contributed by atoms with van der Waals surface area (Å²) in [6, 6.07) is 3.63. The van der Waals surface area contributed by atoms with Crippen molar-refractivity contribution >= 4 is 35.3 Å². The molecule has 3 amide bonds. The summed E-state index contributed by atoms with van der Waals surface area (Å²) < 4.78 is 9.87. The van der Waals surface area contributed by atoms with E-state index in [2.05, 4.69) is 0 Å². The van der Waals surface area contributed by atoms with Crippen LogP contribution in [0.1, 0.15) is 40.5 Å². The van der Waals surface area contributed by atoms with Gasteiger partial charge in [-0.1, -0.05) is 6.07 Å². The maximum atomic E-state index is 12.5. The molecule has 1 fully saturated rings. The van der Waals surface area contributed by atoms with E-state index in [1.54, 1.807) is 6.92 Å². The Bertz CT molecular complexity index is 983. The first kappa shape index (κ1) is 22.8. The number of carbonyl (C=O) groups excluding carboxylic acids is 5. The molecule has 12 heteroatoms. The number of nitrogens with zero attached hydrogens (tertiary/aromatic N) is 3. The monoisotopic (exact) mass is 447 g/mol. The fourth-order valence-corrected chi connectivity index (χ4v) is 3.64. The second-order valence-corrected chi connectivity index (χ2v) is 7.22. The summed E-state index contributed by atoms with van der Waals surface area (Å²) >= 11 is 0. The Morgan fingerprint density at radius 1 is 1.12 bits per heavy atom. The van der Waals surface area contributed by atoms with E-state index in [1.807, 2.05) is 0 Å². The molecule has 2 aliphatic rings. The van der Waals surface area contributed by atoms with Gasteiger partial charge < -0.3 is 14.4 Å². The molecule has 0 spiro atoms. The van der Waals surface area contributed by atoms with Gasteiger partial charge in [-0.05, 0) is 25.8 Å². The van der Waals surface area contributed by atoms with Gasteiger partial charge in [0.15, 0.2) is 6.61 Å². The van der Waals surface area contributed by atoms with Crippen LogP contribution in [-0.4, -0.2) is 77.2 Å². The van der Waals surface area contributed by atoms with Gasteiger partial charge in [-0.2, -0.15) is 0 Å². The molecule has 0 atom stereocenters. The second kappa shape index (κ2) is 9.54. The number of rotatable bonds is 7. The number of hydrogen-bond acceptors (Lipinski definition) is 9. The minimum absolute atomic E-state index is 0.169. The van der Waals surface area contributed by atoms with Crippen LogP contribution in [0.2, 0.25) is 0 Å². The third kappa shape index (κ3) is 4.58. The Balaban J connectivity index is 1.51. The molecule has 0 saturated carbocycles. The van der Waals surface area contributed by atoms with Gasteiger partial charge in [0, 0.05) is 19.2 Å². The van der Waals surface area contributed by atoms with Crippen LogP contribution in [-0.2, 0) is 23.9 Å². The Morgan fingerprint density at radius 2 is 1.81 bits per heavy atom. The summed E-state index contributed by atoms with van der Waals surface area (Å²) in [6.07, 6.45) is 0.874. The Morgan fingerprint density at radius 3 is 2.44 bits per heavy atom. The van der Waals surface area contributed by atoms with Gasteiger partial charge in [0.05, 0.1) is 23.0 Å². The molecule has 0 aliphatic carbocycles. The molecule has 1 aromatic carbocycles. The lowest BCUT2D eigenvalue weighted by Crippen LogP contribution is -2.43. The first-order chi connectivity index (χ1) is 15.2. The summed E-state index contributed by atoms with van der Waals surface area (Å²) in [7, 11) is 0. The predicted molar refractivity (Wildman–Crippen MR) is 105 cm³/mol. The number of likely N-dealkylation sites (tertiary alicyclic amines) is 1. The Kier molecular flexibility index (Phi) is 6.81. The van der Waals surface area contributed by atoms with Crippen molar-refractivity contribution in [2.75, 3.05) is 32.8 Å². The van der Waals surface area contributed by atoms with Crippen LogP contribution in [0.15, 0.2) is 18.2 Å². The smallest absolute Gasteiger partial charge is 0.326 e. The average molecular weight is 447 g/mol. The largest absolute Gasteiger partial charge is 0.466 e. The lowest BCUT2D eigenvalue weighted by Gasteiger charge is -2.30. The molecular formula is C20H21N3O9. The number of hydrogen-bond donors (Lipinski definition) is 0. The van der Waals surface area contributed by atoms with E-state index >= 15 is 0 Å². The molecule has 2 heterocycles. The zero-order valence-corrected chi connectivity index (χ0v) is 17.3. The van der Waals surface area contributed by atoms with Crippen LogP contribution < -0.4 is 0 Å². The average Bonchev–Trinajstić information content (AvgIpc) is 3.02. The summed E-state index contributed by atoms with van der Waals surface area (Å²) in [5.41, 5.74) is -1.08. The summed E-state index contributed by atoms with van der Waals surface area (Å²) in [4.78, 5) is 73.4. The van der Waals surface area contributed by atoms with E-state index < -0.39 is 47.5 Å². The van der Waals surface area contributed by atoms with Crippen molar-refractivity contribution in [3.63, 3.8) is 0 Å². The minimum Gasteiger partial charge on any atom is -0.466 e. The third-order valence-corrected chi connectivity index (χ3v) is 5.29. The predicted octanol–water partition coefficient (Wildman–Crippen LogP) is 0.536. The summed E-state index contributed by atoms with van der Waals surface area (Å²) in [5, 5.41) is 11.1. The van der Waals surface area contributed by atoms with Gasteiger partial charge in [0.25, 0.3) is 23.4 Å². The SMILES string of the molecule is CCOC(=O)C1CCN(C(=O)COC(=O)CN2C(=O)c3cccc([N+](=O)[O-])c3C2=O)CC1. The highest BCUT2D eigenvalue weighted by molar-refractivity contribution is 6.24. The van der Waals surface area contributed by atoms with Gasteiger partial charge in [-0.25, -0.2) is 0 Å². The second-order valence-electron chi connectivity index (χ2n) is 7.22. The van der Waals surface area contributed by atoms with Gasteiger partial charge in [-0.15, -0.1) is 0 Å². The normalized spacial score (nSPS) is 16.0. The number of amides is 3. The van der Waals surface area contributed by atoms with Crippen molar-refractivity contribution in [3.8, 4) is 0 Å². The van der Waals surface area contributed by atoms with Crippen molar-refractivity contribution < 1.29 is 38.4 Å². The van der Waals surface area contributed by atoms with Crippen LogP contribution >= 0.6 is 0 Å². The number of nitro benzene ring substituents is 1. The molecule has 2 aliphatic heterocycles. The van der Waals surface area contributed by atoms with E-state index in [1.165, 1.54) is 17.0 Å². The Hall–Kier alpha value is -3.83. The van der Waals surface area contributed by atoms with Crippen molar-refractivity contribution in [1.82, 2.24) is 9.80 Å². The minimum atomic E-state index is -1.00. The third-order valence-electron chi connectivity index (χ3n) is 5.29. The molecule has 0 unspecified atom stereocenters. The first-order valence-electron chi connectivity index (χ1n) is 9.98. The lowest BCUT2D eigenvalue weighted by molar-refractivity contribution is -0.385. The molecule has 1 saturated heterocycles. The molecule has 32 heavy (non-hydrogen) atoms. The van der Waals surface area contributed by atoms with Gasteiger partial charge in [0.2, 0.25) is 0 Å². The fraction of sp³-hybridized carbons (Fsp3) is 0.450. The molecule has 12 nitrogen and oxygen atoms in total. The molecule has 0 bridgehead atoms. The highest BCUT2D eigenvalue weighted by Gasteiger charge is 2.42. The molecule has 3 rings (SSSR count). The highest BCUT2D eigenvalue weighted by Crippen LogP contribution is 2.30. The van der Waals surface area contributed by atoms with Crippen LogP contribution in [0, 0.1) is 16.0 Å². The fourth-order valence-electron chi connectivity index (χ4n) is 3.64. The van der Waals surface area contributed by atoms with Crippen molar-refractivity contribution in [1.29, 1.82) is 0 Å². The number of benzene rings is 1. The first-order valence-corrected chi connectivity index (χ1v) is 9.98. The number of carbonyl (C=O) groups is 5. The highest BCUT2D eigenvalue weighted by atomic mass is 16.6. The van der Waals surface area contributed by atoms with E-state index in [-0.39, 0.29) is 29.6 Å². The molecule has 0 radical (unpaired) electrons. The van der Waals surface area contributed by atoms with E-state index in [4.69, 9.17) is 9.47 Å². The topological polar surface area (TPSA) is 153 Å². The number of imide groups is 1. The zero-order chi connectivity index (χ0) is 23.4. The molecule has 170 valence electrons. The van der Waals surface area contributed by atoms with Crippen molar-refractivity contribution in [2.45, 2.75) is 19.8 Å². The molecule has 1 aromatic rings. The number of nitro groups is 1. The summed E-state index contributed by atoms with van der Waals surface area (Å²) in [5.74, 6) is -3.87. The molecular weight excluding hydrogens is 426 g/mol. The van der Waals surface area contributed by atoms with Gasteiger partial charge in [0.1, 0.15) is 12.1 Å². The quantitative estimate of drug-likeness (QED) is 0.252. The van der Waals surface area contributed by atoms with E-state index in [0.29, 0.717) is 30.8 Å². The number of ether oxygens (including phenoxy) is 2. The molecule has 0 N–H and O–H groups in total. The number of esters is 2. The maximum Gasteiger partial charge on any atom is 0.326 e. The van der Waals surface area contributed by atoms with E-state index in [0.717, 1.165) is 6.07 Å². The Labute approximate surface area is 182 Å². The standard InChI is InChI=1S/C20H21N3O9/c1-2-31-20(28)12-6-8-21(9-7-12)15(24)11-32-16(25)10-22-18(26)13-4-3-5-14(23(29)30)17(13)19(22)27/h3-5,12H,2,6-11H2,1H3.